The normalized spacial score (nSPS) is 10.1. The molecule has 3 N–H and O–H groups in total. The molecule has 0 saturated carbocycles. The van der Waals surface area contributed by atoms with Crippen LogP contribution in [-0.4, -0.2) is 30.5 Å². The molecule has 20 heavy (non-hydrogen) atoms. The lowest BCUT2D eigenvalue weighted by Gasteiger charge is -2.07. The highest BCUT2D eigenvalue weighted by molar-refractivity contribution is 7.99. The maximum atomic E-state index is 11.7. The van der Waals surface area contributed by atoms with Crippen LogP contribution >= 0.6 is 23.4 Å². The van der Waals surface area contributed by atoms with Gasteiger partial charge in [-0.3, -0.25) is 9.59 Å². The van der Waals surface area contributed by atoms with E-state index in [9.17, 15) is 9.59 Å². The molecule has 1 amide bonds. The minimum Gasteiger partial charge on any atom is -0.468 e. The molecular weight excluding hydrogens is 300 g/mol. The molecule has 0 aliphatic rings. The molecule has 1 aromatic rings. The molecule has 110 valence electrons. The fraction of sp³-hybridized carbons (Fsp3) is 0.385. The van der Waals surface area contributed by atoms with Crippen molar-refractivity contribution in [3.05, 3.63) is 23.2 Å². The monoisotopic (exact) mass is 316 g/mol. The second kappa shape index (κ2) is 8.71. The van der Waals surface area contributed by atoms with Crippen LogP contribution in [0.2, 0.25) is 5.02 Å². The summed E-state index contributed by atoms with van der Waals surface area (Å²) in [5.74, 6) is 0.656. The molecule has 0 aromatic heterocycles. The zero-order chi connectivity index (χ0) is 15.0. The fourth-order valence-electron chi connectivity index (χ4n) is 1.39. The molecule has 0 aliphatic carbocycles. The Hall–Kier alpha value is -1.40. The summed E-state index contributed by atoms with van der Waals surface area (Å²) in [7, 11) is 1.35. The van der Waals surface area contributed by atoms with Gasteiger partial charge in [-0.1, -0.05) is 11.6 Å². The van der Waals surface area contributed by atoms with Crippen LogP contribution in [0, 0.1) is 0 Å². The lowest BCUT2D eigenvalue weighted by molar-refractivity contribution is -0.137. The van der Waals surface area contributed by atoms with Crippen molar-refractivity contribution >= 4 is 46.6 Å². The first-order valence-electron chi connectivity index (χ1n) is 6.02. The van der Waals surface area contributed by atoms with Crippen molar-refractivity contribution in [3.8, 4) is 0 Å². The van der Waals surface area contributed by atoms with Crippen LogP contribution in [-0.2, 0) is 14.3 Å². The number of carbonyl (C=O) groups is 2. The molecular formula is C13H17ClN2O3S. The van der Waals surface area contributed by atoms with Crippen LogP contribution in [0.5, 0.6) is 0 Å². The summed E-state index contributed by atoms with van der Waals surface area (Å²) in [5, 5.41) is 3.14. The Morgan fingerprint density at radius 2 is 2.20 bits per heavy atom. The van der Waals surface area contributed by atoms with Gasteiger partial charge in [0.15, 0.2) is 0 Å². The van der Waals surface area contributed by atoms with Gasteiger partial charge in [-0.25, -0.2) is 0 Å². The molecule has 7 heteroatoms. The molecule has 0 saturated heterocycles. The van der Waals surface area contributed by atoms with E-state index in [4.69, 9.17) is 17.3 Å². The third kappa shape index (κ3) is 6.16. The highest BCUT2D eigenvalue weighted by atomic mass is 35.5. The fourth-order valence-corrected chi connectivity index (χ4v) is 2.41. The van der Waals surface area contributed by atoms with Crippen molar-refractivity contribution in [1.29, 1.82) is 0 Å². The van der Waals surface area contributed by atoms with Gasteiger partial charge in [0, 0.05) is 12.1 Å². The quantitative estimate of drug-likeness (QED) is 0.459. The van der Waals surface area contributed by atoms with Gasteiger partial charge in [-0.2, -0.15) is 11.8 Å². The number of hydrogen-bond acceptors (Lipinski definition) is 5. The van der Waals surface area contributed by atoms with Crippen LogP contribution in [0.25, 0.3) is 0 Å². The molecule has 0 radical (unpaired) electrons. The van der Waals surface area contributed by atoms with E-state index in [1.54, 1.807) is 18.2 Å². The molecule has 1 rings (SSSR count). The van der Waals surface area contributed by atoms with Gasteiger partial charge in [-0.05, 0) is 30.4 Å². The predicted octanol–water partition coefficient (Wildman–Crippen LogP) is 2.55. The summed E-state index contributed by atoms with van der Waals surface area (Å²) < 4.78 is 4.52. The summed E-state index contributed by atoms with van der Waals surface area (Å²) >= 11 is 7.40. The van der Waals surface area contributed by atoms with Crippen molar-refractivity contribution in [3.63, 3.8) is 0 Å². The third-order valence-electron chi connectivity index (χ3n) is 2.41. The Labute approximate surface area is 127 Å². The molecule has 0 spiro atoms. The zero-order valence-electron chi connectivity index (χ0n) is 11.1. The molecule has 0 atom stereocenters. The average Bonchev–Trinajstić information content (AvgIpc) is 2.41. The first-order valence-corrected chi connectivity index (χ1v) is 7.55. The van der Waals surface area contributed by atoms with Crippen LogP contribution in [0.1, 0.15) is 12.8 Å². The van der Waals surface area contributed by atoms with Crippen LogP contribution in [0.15, 0.2) is 18.2 Å². The van der Waals surface area contributed by atoms with Crippen molar-refractivity contribution in [2.45, 2.75) is 12.8 Å². The summed E-state index contributed by atoms with van der Waals surface area (Å²) in [5.41, 5.74) is 6.67. The number of nitrogens with one attached hydrogen (secondary N) is 1. The average molecular weight is 317 g/mol. The summed E-state index contributed by atoms with van der Waals surface area (Å²) in [6.45, 7) is 0. The van der Waals surface area contributed by atoms with E-state index in [1.165, 1.54) is 18.9 Å². The Bertz CT molecular complexity index is 483. The number of halogens is 1. The number of benzene rings is 1. The number of rotatable bonds is 7. The lowest BCUT2D eigenvalue weighted by Crippen LogP contribution is -2.12. The van der Waals surface area contributed by atoms with Crippen molar-refractivity contribution in [1.82, 2.24) is 0 Å². The number of esters is 1. The molecule has 0 heterocycles. The first kappa shape index (κ1) is 16.7. The highest BCUT2D eigenvalue weighted by Crippen LogP contribution is 2.24. The second-order valence-corrected chi connectivity index (χ2v) is 5.53. The van der Waals surface area contributed by atoms with Gasteiger partial charge < -0.3 is 15.8 Å². The van der Waals surface area contributed by atoms with Crippen LogP contribution in [0.4, 0.5) is 11.4 Å². The standard InChI is InChI=1S/C13H17ClN2O3S/c1-19-13(18)8-20-6-2-3-12(17)16-11-5-4-9(15)7-10(11)14/h4-5,7H,2-3,6,8,15H2,1H3,(H,16,17). The first-order chi connectivity index (χ1) is 9.52. The molecule has 1 aromatic carbocycles. The summed E-state index contributed by atoms with van der Waals surface area (Å²) in [6.07, 6.45) is 1.05. The Kier molecular flexibility index (Phi) is 7.25. The number of nitrogens with two attached hydrogens (primary N) is 1. The number of hydrogen-bond donors (Lipinski definition) is 2. The number of ether oxygens (including phenoxy) is 1. The van der Waals surface area contributed by atoms with E-state index in [1.807, 2.05) is 0 Å². The van der Waals surface area contributed by atoms with Crippen LogP contribution in [0.3, 0.4) is 0 Å². The molecule has 5 nitrogen and oxygen atoms in total. The predicted molar refractivity (Wildman–Crippen MR) is 83.1 cm³/mol. The zero-order valence-corrected chi connectivity index (χ0v) is 12.7. The Morgan fingerprint density at radius 3 is 2.85 bits per heavy atom. The second-order valence-electron chi connectivity index (χ2n) is 4.02. The van der Waals surface area contributed by atoms with Gasteiger partial charge in [0.1, 0.15) is 0 Å². The lowest BCUT2D eigenvalue weighted by atomic mass is 10.2. The Morgan fingerprint density at radius 1 is 1.45 bits per heavy atom. The number of nitrogen functional groups attached to an aromatic ring is 1. The Balaban J connectivity index is 2.25. The number of thioether (sulfide) groups is 1. The van der Waals surface area contributed by atoms with E-state index in [-0.39, 0.29) is 11.9 Å². The van der Waals surface area contributed by atoms with Gasteiger partial charge >= 0.3 is 5.97 Å². The molecule has 0 aliphatic heterocycles. The number of anilines is 2. The van der Waals surface area contributed by atoms with Gasteiger partial charge in [0.25, 0.3) is 0 Å². The summed E-state index contributed by atoms with van der Waals surface area (Å²) in [4.78, 5) is 22.6. The van der Waals surface area contributed by atoms with E-state index in [0.717, 1.165) is 5.75 Å². The van der Waals surface area contributed by atoms with E-state index in [2.05, 4.69) is 10.1 Å². The van der Waals surface area contributed by atoms with Gasteiger partial charge in [0.2, 0.25) is 5.91 Å². The van der Waals surface area contributed by atoms with E-state index in [0.29, 0.717) is 35.0 Å². The topological polar surface area (TPSA) is 81.4 Å². The van der Waals surface area contributed by atoms with Crippen molar-refractivity contribution in [2.75, 3.05) is 29.7 Å². The SMILES string of the molecule is COC(=O)CSCCCC(=O)Nc1ccc(N)cc1Cl. The van der Waals surface area contributed by atoms with Gasteiger partial charge in [0.05, 0.1) is 23.6 Å². The maximum absolute atomic E-state index is 11.7. The number of carbonyl (C=O) groups excluding carboxylic acids is 2. The summed E-state index contributed by atoms with van der Waals surface area (Å²) in [6, 6.07) is 4.93. The minimum absolute atomic E-state index is 0.115. The molecule has 0 bridgehead atoms. The van der Waals surface area contributed by atoms with Crippen LogP contribution < -0.4 is 11.1 Å². The van der Waals surface area contributed by atoms with Gasteiger partial charge in [-0.15, -0.1) is 0 Å². The number of methoxy groups -OCH3 is 1. The van der Waals surface area contributed by atoms with Crippen molar-refractivity contribution < 1.29 is 14.3 Å². The highest BCUT2D eigenvalue weighted by Gasteiger charge is 2.06. The largest absolute Gasteiger partial charge is 0.468 e. The van der Waals surface area contributed by atoms with E-state index < -0.39 is 0 Å². The maximum Gasteiger partial charge on any atom is 0.315 e. The molecule has 0 unspecified atom stereocenters. The third-order valence-corrected chi connectivity index (χ3v) is 3.74. The minimum atomic E-state index is -0.256. The molecule has 0 fully saturated rings. The van der Waals surface area contributed by atoms with Crippen molar-refractivity contribution in [2.24, 2.45) is 0 Å². The van der Waals surface area contributed by atoms with E-state index >= 15 is 0 Å². The number of amides is 1. The smallest absolute Gasteiger partial charge is 0.315 e.